The van der Waals surface area contributed by atoms with Gasteiger partial charge in [0.2, 0.25) is 5.78 Å². The first-order valence-electron chi connectivity index (χ1n) is 7.14. The average molecular weight is 320 g/mol. The number of rotatable bonds is 5. The first kappa shape index (κ1) is 16.9. The van der Waals surface area contributed by atoms with Crippen LogP contribution in [0, 0.1) is 0 Å². The van der Waals surface area contributed by atoms with Crippen LogP contribution in [0.25, 0.3) is 11.1 Å². The van der Waals surface area contributed by atoms with Crippen LogP contribution in [0.5, 0.6) is 0 Å². The van der Waals surface area contributed by atoms with Crippen LogP contribution < -0.4 is 0 Å². The van der Waals surface area contributed by atoms with E-state index in [9.17, 15) is 22.8 Å². The molecule has 0 unspecified atom stereocenters. The standard InChI is InChI=1S/C18H15F3O2/c1-2-12-3-5-13(6-4-12)14-7-9-15(10-8-14)16(22)11-17(23)18(19,20)21/h3-10H,2,11H2,1H3. The summed E-state index contributed by atoms with van der Waals surface area (Å²) in [5, 5.41) is 0. The van der Waals surface area contributed by atoms with E-state index in [1.807, 2.05) is 24.3 Å². The van der Waals surface area contributed by atoms with E-state index in [4.69, 9.17) is 0 Å². The zero-order valence-electron chi connectivity index (χ0n) is 12.5. The summed E-state index contributed by atoms with van der Waals surface area (Å²) in [6, 6.07) is 14.1. The molecular formula is C18H15F3O2. The van der Waals surface area contributed by atoms with Crippen molar-refractivity contribution < 1.29 is 22.8 Å². The van der Waals surface area contributed by atoms with Crippen LogP contribution in [0.3, 0.4) is 0 Å². The number of alkyl halides is 3. The molecule has 0 amide bonds. The molecule has 2 rings (SSSR count). The molecule has 0 spiro atoms. The number of halogens is 3. The van der Waals surface area contributed by atoms with Gasteiger partial charge in [0.05, 0.1) is 6.42 Å². The van der Waals surface area contributed by atoms with Gasteiger partial charge in [-0.2, -0.15) is 13.2 Å². The molecule has 0 saturated heterocycles. The summed E-state index contributed by atoms with van der Waals surface area (Å²) in [4.78, 5) is 22.6. The van der Waals surface area contributed by atoms with E-state index in [0.717, 1.165) is 17.5 Å². The number of aryl methyl sites for hydroxylation is 1. The lowest BCUT2D eigenvalue weighted by Crippen LogP contribution is -2.25. The Kier molecular flexibility index (Phi) is 4.98. The molecule has 0 atom stereocenters. The molecule has 0 aliphatic heterocycles. The molecule has 2 nitrogen and oxygen atoms in total. The summed E-state index contributed by atoms with van der Waals surface area (Å²) in [5.74, 6) is -2.86. The number of Topliss-reactive ketones (excluding diaryl/α,β-unsaturated/α-hetero) is 2. The van der Waals surface area contributed by atoms with Gasteiger partial charge in [-0.1, -0.05) is 55.5 Å². The maximum Gasteiger partial charge on any atom is 0.450 e. The summed E-state index contributed by atoms with van der Waals surface area (Å²) in [7, 11) is 0. The molecule has 0 fully saturated rings. The summed E-state index contributed by atoms with van der Waals surface area (Å²) in [6.07, 6.45) is -5.20. The van der Waals surface area contributed by atoms with E-state index in [0.29, 0.717) is 0 Å². The SMILES string of the molecule is CCc1ccc(-c2ccc(C(=O)CC(=O)C(F)(F)F)cc2)cc1. The topological polar surface area (TPSA) is 34.1 Å². The van der Waals surface area contributed by atoms with Crippen LogP contribution in [0.2, 0.25) is 0 Å². The molecule has 0 radical (unpaired) electrons. The van der Waals surface area contributed by atoms with E-state index in [-0.39, 0.29) is 5.56 Å². The largest absolute Gasteiger partial charge is 0.450 e. The second-order valence-corrected chi connectivity index (χ2v) is 5.15. The highest BCUT2D eigenvalue weighted by Gasteiger charge is 2.39. The molecule has 0 aromatic heterocycles. The fourth-order valence-electron chi connectivity index (χ4n) is 2.13. The van der Waals surface area contributed by atoms with Crippen LogP contribution in [0.1, 0.15) is 29.3 Å². The number of hydrogen-bond donors (Lipinski definition) is 0. The summed E-state index contributed by atoms with van der Waals surface area (Å²) in [6.45, 7) is 2.05. The Labute approximate surface area is 131 Å². The lowest BCUT2D eigenvalue weighted by Gasteiger charge is -2.06. The Morgan fingerprint density at radius 2 is 1.35 bits per heavy atom. The highest BCUT2D eigenvalue weighted by molar-refractivity contribution is 6.09. The molecule has 5 heteroatoms. The van der Waals surface area contributed by atoms with Gasteiger partial charge in [0.15, 0.2) is 5.78 Å². The lowest BCUT2D eigenvalue weighted by molar-refractivity contribution is -0.170. The number of carbonyl (C=O) groups is 2. The van der Waals surface area contributed by atoms with Gasteiger partial charge in [0.1, 0.15) is 0 Å². The van der Waals surface area contributed by atoms with Crippen LogP contribution >= 0.6 is 0 Å². The molecule has 0 saturated carbocycles. The fraction of sp³-hybridized carbons (Fsp3) is 0.222. The van der Waals surface area contributed by atoms with Crippen LogP contribution in [0.4, 0.5) is 13.2 Å². The average Bonchev–Trinajstić information content (AvgIpc) is 2.54. The van der Waals surface area contributed by atoms with Crippen molar-refractivity contribution in [3.8, 4) is 11.1 Å². The van der Waals surface area contributed by atoms with Crippen molar-refractivity contribution in [1.29, 1.82) is 0 Å². The van der Waals surface area contributed by atoms with E-state index in [1.165, 1.54) is 17.7 Å². The van der Waals surface area contributed by atoms with Gasteiger partial charge in [0.25, 0.3) is 0 Å². The normalized spacial score (nSPS) is 11.3. The minimum atomic E-state index is -4.98. The molecule has 0 aliphatic rings. The Morgan fingerprint density at radius 3 is 1.78 bits per heavy atom. The first-order valence-corrected chi connectivity index (χ1v) is 7.14. The number of carbonyl (C=O) groups excluding carboxylic acids is 2. The van der Waals surface area contributed by atoms with Gasteiger partial charge in [-0.05, 0) is 23.1 Å². The fourth-order valence-corrected chi connectivity index (χ4v) is 2.13. The highest BCUT2D eigenvalue weighted by atomic mass is 19.4. The van der Waals surface area contributed by atoms with Crippen LogP contribution in [0.15, 0.2) is 48.5 Å². The van der Waals surface area contributed by atoms with E-state index in [1.54, 1.807) is 12.1 Å². The zero-order valence-corrected chi connectivity index (χ0v) is 12.5. The smallest absolute Gasteiger partial charge is 0.294 e. The second-order valence-electron chi connectivity index (χ2n) is 5.15. The van der Waals surface area contributed by atoms with Gasteiger partial charge < -0.3 is 0 Å². The Bertz CT molecular complexity index is 699. The van der Waals surface area contributed by atoms with Crippen molar-refractivity contribution in [1.82, 2.24) is 0 Å². The molecular weight excluding hydrogens is 305 g/mol. The predicted octanol–water partition coefficient (Wildman–Crippen LogP) is 4.62. The number of benzene rings is 2. The van der Waals surface area contributed by atoms with E-state index >= 15 is 0 Å². The molecule has 120 valence electrons. The first-order chi connectivity index (χ1) is 10.8. The van der Waals surface area contributed by atoms with E-state index < -0.39 is 24.2 Å². The Balaban J connectivity index is 2.12. The number of ketones is 2. The van der Waals surface area contributed by atoms with Crippen molar-refractivity contribution in [3.63, 3.8) is 0 Å². The third-order valence-corrected chi connectivity index (χ3v) is 3.54. The van der Waals surface area contributed by atoms with Crippen molar-refractivity contribution in [3.05, 3.63) is 59.7 Å². The van der Waals surface area contributed by atoms with Crippen LogP contribution in [-0.4, -0.2) is 17.7 Å². The minimum Gasteiger partial charge on any atom is -0.294 e. The maximum atomic E-state index is 12.2. The van der Waals surface area contributed by atoms with Gasteiger partial charge >= 0.3 is 6.18 Å². The summed E-state index contributed by atoms with van der Waals surface area (Å²) >= 11 is 0. The molecule has 0 aliphatic carbocycles. The van der Waals surface area contributed by atoms with Gasteiger partial charge in [0, 0.05) is 5.56 Å². The zero-order chi connectivity index (χ0) is 17.0. The van der Waals surface area contributed by atoms with Crippen molar-refractivity contribution in [2.45, 2.75) is 25.9 Å². The van der Waals surface area contributed by atoms with Gasteiger partial charge in [-0.25, -0.2) is 0 Å². The molecule has 23 heavy (non-hydrogen) atoms. The summed E-state index contributed by atoms with van der Waals surface area (Å²) in [5.41, 5.74) is 3.10. The van der Waals surface area contributed by atoms with Crippen LogP contribution in [-0.2, 0) is 11.2 Å². The Hall–Kier alpha value is -2.43. The molecule has 0 heterocycles. The molecule has 0 bridgehead atoms. The third-order valence-electron chi connectivity index (χ3n) is 3.54. The predicted molar refractivity (Wildman–Crippen MR) is 81.3 cm³/mol. The summed E-state index contributed by atoms with van der Waals surface area (Å²) < 4.78 is 36.5. The number of hydrogen-bond acceptors (Lipinski definition) is 2. The lowest BCUT2D eigenvalue weighted by atomic mass is 9.99. The molecule has 2 aromatic carbocycles. The van der Waals surface area contributed by atoms with Crippen molar-refractivity contribution >= 4 is 11.6 Å². The third kappa shape index (κ3) is 4.28. The van der Waals surface area contributed by atoms with Gasteiger partial charge in [-0.15, -0.1) is 0 Å². The Morgan fingerprint density at radius 1 is 0.870 bits per heavy atom. The molecule has 0 N–H and O–H groups in total. The quantitative estimate of drug-likeness (QED) is 0.595. The maximum absolute atomic E-state index is 12.2. The van der Waals surface area contributed by atoms with Gasteiger partial charge in [-0.3, -0.25) is 9.59 Å². The van der Waals surface area contributed by atoms with Crippen molar-refractivity contribution in [2.75, 3.05) is 0 Å². The monoisotopic (exact) mass is 320 g/mol. The minimum absolute atomic E-state index is 0.0940. The molecule has 2 aromatic rings. The van der Waals surface area contributed by atoms with E-state index in [2.05, 4.69) is 6.92 Å². The second kappa shape index (κ2) is 6.77. The highest BCUT2D eigenvalue weighted by Crippen LogP contribution is 2.22. The van der Waals surface area contributed by atoms with Crippen molar-refractivity contribution in [2.24, 2.45) is 0 Å².